The number of nitrogens with one attached hydrogen (secondary N) is 2. The maximum absolute atomic E-state index is 12.4. The second-order valence-electron chi connectivity index (χ2n) is 8.99. The zero-order valence-electron chi connectivity index (χ0n) is 17.3. The maximum Gasteiger partial charge on any atom is 0.216 e. The van der Waals surface area contributed by atoms with Crippen LogP contribution in [0, 0.1) is 0 Å². The molecule has 2 N–H and O–H groups in total. The van der Waals surface area contributed by atoms with Gasteiger partial charge in [-0.15, -0.1) is 0 Å². The molecule has 0 atom stereocenters. The average Bonchev–Trinajstić information content (AvgIpc) is 3.12. The number of nitrogens with zero attached hydrogens (tertiary/aromatic N) is 1. The minimum atomic E-state index is -3.30. The van der Waals surface area contributed by atoms with Gasteiger partial charge in [-0.05, 0) is 70.6 Å². The lowest BCUT2D eigenvalue weighted by molar-refractivity contribution is 0.368. The Morgan fingerprint density at radius 1 is 1.03 bits per heavy atom. The van der Waals surface area contributed by atoms with Crippen LogP contribution in [0.3, 0.4) is 0 Å². The quantitative estimate of drug-likeness (QED) is 0.636. The van der Waals surface area contributed by atoms with Gasteiger partial charge in [0.05, 0.1) is 16.0 Å². The standard InChI is InChI=1S/C23H29N3O2S/c1-23(2,3)29(27,28)26-18-12-10-16(11-13-18)21-15-17-7-6-8-19(22(17)25-21)20-9-4-5-14-24-20/h4-9,14-16,18,25-26H,10-13H2,1-3H3. The minimum Gasteiger partial charge on any atom is -0.358 e. The summed E-state index contributed by atoms with van der Waals surface area (Å²) in [5, 5.41) is 1.19. The van der Waals surface area contributed by atoms with E-state index >= 15 is 0 Å². The van der Waals surface area contributed by atoms with Crippen LogP contribution >= 0.6 is 0 Å². The predicted molar refractivity (Wildman–Crippen MR) is 118 cm³/mol. The predicted octanol–water partition coefficient (Wildman–Crippen LogP) is 4.97. The largest absolute Gasteiger partial charge is 0.358 e. The van der Waals surface area contributed by atoms with E-state index in [4.69, 9.17) is 0 Å². The molecule has 0 saturated heterocycles. The fraction of sp³-hybridized carbons (Fsp3) is 0.435. The van der Waals surface area contributed by atoms with Crippen molar-refractivity contribution in [3.8, 4) is 11.3 Å². The van der Waals surface area contributed by atoms with E-state index in [0.29, 0.717) is 5.92 Å². The van der Waals surface area contributed by atoms with Gasteiger partial charge < -0.3 is 4.98 Å². The highest BCUT2D eigenvalue weighted by Gasteiger charge is 2.33. The maximum atomic E-state index is 12.4. The van der Waals surface area contributed by atoms with Crippen LogP contribution < -0.4 is 4.72 Å². The number of para-hydroxylation sites is 1. The van der Waals surface area contributed by atoms with Crippen molar-refractivity contribution in [2.24, 2.45) is 0 Å². The second-order valence-corrected chi connectivity index (χ2v) is 11.5. The van der Waals surface area contributed by atoms with Crippen LogP contribution in [-0.2, 0) is 10.0 Å². The molecule has 6 heteroatoms. The first kappa shape index (κ1) is 20.1. The van der Waals surface area contributed by atoms with Gasteiger partial charge >= 0.3 is 0 Å². The Kier molecular flexibility index (Phi) is 5.25. The number of rotatable bonds is 4. The third-order valence-electron chi connectivity index (χ3n) is 5.91. The Labute approximate surface area is 173 Å². The Bertz CT molecular complexity index is 1090. The van der Waals surface area contributed by atoms with Gasteiger partial charge in [0.25, 0.3) is 0 Å². The van der Waals surface area contributed by atoms with E-state index in [1.807, 2.05) is 24.4 Å². The lowest BCUT2D eigenvalue weighted by atomic mass is 9.84. The van der Waals surface area contributed by atoms with Crippen molar-refractivity contribution in [2.75, 3.05) is 0 Å². The highest BCUT2D eigenvalue weighted by atomic mass is 32.2. The summed E-state index contributed by atoms with van der Waals surface area (Å²) in [5.74, 6) is 0.425. The summed E-state index contributed by atoms with van der Waals surface area (Å²) in [6, 6.07) is 14.5. The highest BCUT2D eigenvalue weighted by molar-refractivity contribution is 7.90. The first-order valence-corrected chi connectivity index (χ1v) is 11.8. The Hall–Kier alpha value is -2.18. The number of aromatic amines is 1. The van der Waals surface area contributed by atoms with Crippen LogP contribution in [0.25, 0.3) is 22.2 Å². The molecule has 1 aromatic carbocycles. The van der Waals surface area contributed by atoms with Gasteiger partial charge in [-0.25, -0.2) is 13.1 Å². The van der Waals surface area contributed by atoms with E-state index in [2.05, 4.69) is 39.0 Å². The van der Waals surface area contributed by atoms with Gasteiger partial charge in [-0.2, -0.15) is 0 Å². The molecule has 154 valence electrons. The van der Waals surface area contributed by atoms with E-state index in [0.717, 1.165) is 42.5 Å². The topological polar surface area (TPSA) is 74.8 Å². The van der Waals surface area contributed by atoms with E-state index < -0.39 is 14.8 Å². The van der Waals surface area contributed by atoms with Gasteiger partial charge in [-0.3, -0.25) is 4.98 Å². The molecule has 1 fully saturated rings. The fourth-order valence-corrected chi connectivity index (χ4v) is 5.08. The molecule has 0 aliphatic heterocycles. The number of hydrogen-bond acceptors (Lipinski definition) is 3. The van der Waals surface area contributed by atoms with Crippen molar-refractivity contribution in [1.82, 2.24) is 14.7 Å². The van der Waals surface area contributed by atoms with Crippen LogP contribution in [-0.4, -0.2) is 29.2 Å². The summed E-state index contributed by atoms with van der Waals surface area (Å²) in [6.45, 7) is 5.22. The van der Waals surface area contributed by atoms with E-state index in [1.54, 1.807) is 20.8 Å². The van der Waals surface area contributed by atoms with E-state index in [1.165, 1.54) is 11.1 Å². The van der Waals surface area contributed by atoms with Crippen molar-refractivity contribution < 1.29 is 8.42 Å². The third-order valence-corrected chi connectivity index (χ3v) is 8.17. The SMILES string of the molecule is CC(C)(C)S(=O)(=O)NC1CCC(c2cc3cccc(-c4ccccn4)c3[nH]2)CC1. The van der Waals surface area contributed by atoms with Crippen LogP contribution in [0.5, 0.6) is 0 Å². The molecular weight excluding hydrogens is 382 g/mol. The van der Waals surface area contributed by atoms with Crippen LogP contribution in [0.2, 0.25) is 0 Å². The Balaban J connectivity index is 1.51. The molecule has 1 aliphatic carbocycles. The molecule has 0 unspecified atom stereocenters. The van der Waals surface area contributed by atoms with Crippen LogP contribution in [0.1, 0.15) is 58.1 Å². The van der Waals surface area contributed by atoms with Crippen molar-refractivity contribution in [3.63, 3.8) is 0 Å². The van der Waals surface area contributed by atoms with E-state index in [9.17, 15) is 8.42 Å². The number of aromatic nitrogens is 2. The lowest BCUT2D eigenvalue weighted by Gasteiger charge is -2.31. The molecule has 2 aromatic heterocycles. The normalized spacial score (nSPS) is 20.8. The molecular formula is C23H29N3O2S. The molecule has 3 aromatic rings. The minimum absolute atomic E-state index is 0.0314. The van der Waals surface area contributed by atoms with Gasteiger partial charge in [0.2, 0.25) is 10.0 Å². The van der Waals surface area contributed by atoms with Gasteiger partial charge in [-0.1, -0.05) is 24.3 Å². The molecule has 2 heterocycles. The van der Waals surface area contributed by atoms with Gasteiger partial charge in [0, 0.05) is 28.9 Å². The zero-order valence-corrected chi connectivity index (χ0v) is 18.1. The molecule has 0 bridgehead atoms. The Morgan fingerprint density at radius 2 is 1.79 bits per heavy atom. The first-order chi connectivity index (χ1) is 13.7. The molecule has 5 nitrogen and oxygen atoms in total. The molecule has 1 saturated carbocycles. The van der Waals surface area contributed by atoms with Gasteiger partial charge in [0.15, 0.2) is 0 Å². The average molecular weight is 412 g/mol. The highest BCUT2D eigenvalue weighted by Crippen LogP contribution is 2.36. The molecule has 29 heavy (non-hydrogen) atoms. The monoisotopic (exact) mass is 411 g/mol. The summed E-state index contributed by atoms with van der Waals surface area (Å²) in [7, 11) is -3.30. The molecule has 0 amide bonds. The molecule has 1 aliphatic rings. The van der Waals surface area contributed by atoms with Crippen LogP contribution in [0.4, 0.5) is 0 Å². The number of H-pyrrole nitrogens is 1. The van der Waals surface area contributed by atoms with E-state index in [-0.39, 0.29) is 6.04 Å². The smallest absolute Gasteiger partial charge is 0.216 e. The second kappa shape index (κ2) is 7.58. The fourth-order valence-electron chi connectivity index (χ4n) is 4.05. The number of sulfonamides is 1. The Morgan fingerprint density at radius 3 is 2.45 bits per heavy atom. The van der Waals surface area contributed by atoms with Crippen molar-refractivity contribution in [2.45, 2.75) is 63.2 Å². The summed E-state index contributed by atoms with van der Waals surface area (Å²) in [6.07, 6.45) is 5.49. The zero-order chi connectivity index (χ0) is 20.6. The summed E-state index contributed by atoms with van der Waals surface area (Å²) in [4.78, 5) is 8.14. The van der Waals surface area contributed by atoms with Crippen molar-refractivity contribution >= 4 is 20.9 Å². The number of fused-ring (bicyclic) bond motifs is 1. The van der Waals surface area contributed by atoms with Crippen LogP contribution in [0.15, 0.2) is 48.7 Å². The molecule has 4 rings (SSSR count). The summed E-state index contributed by atoms with van der Waals surface area (Å²) < 4.78 is 27.0. The number of pyridine rings is 1. The van der Waals surface area contributed by atoms with Crippen molar-refractivity contribution in [3.05, 3.63) is 54.4 Å². The van der Waals surface area contributed by atoms with Crippen molar-refractivity contribution in [1.29, 1.82) is 0 Å². The van der Waals surface area contributed by atoms with Gasteiger partial charge in [0.1, 0.15) is 0 Å². The number of benzene rings is 1. The summed E-state index contributed by atoms with van der Waals surface area (Å²) >= 11 is 0. The lowest BCUT2D eigenvalue weighted by Crippen LogP contribution is -2.45. The summed E-state index contributed by atoms with van der Waals surface area (Å²) in [5.41, 5.74) is 4.44. The molecule has 0 spiro atoms. The third kappa shape index (κ3) is 4.09. The number of hydrogen-bond donors (Lipinski definition) is 2. The molecule has 0 radical (unpaired) electrons. The first-order valence-electron chi connectivity index (χ1n) is 10.3.